The van der Waals surface area contributed by atoms with Gasteiger partial charge in [-0.3, -0.25) is 25.2 Å². The standard InChI is InChI=1S/C19H21N3O4/c1-12(2)17(23)20-14-10-8-13(9-11-14)18(24)21-22-19(25)15-6-4-5-7-16(15)26-3/h4-12H,1-3H3,(H,20,23)(H,21,24)(H,22,25). The lowest BCUT2D eigenvalue weighted by Gasteiger charge is -2.11. The van der Waals surface area contributed by atoms with Crippen LogP contribution in [-0.2, 0) is 4.79 Å². The van der Waals surface area contributed by atoms with Gasteiger partial charge in [0.25, 0.3) is 11.8 Å². The Morgan fingerprint density at radius 2 is 1.50 bits per heavy atom. The van der Waals surface area contributed by atoms with Crippen molar-refractivity contribution in [1.29, 1.82) is 0 Å². The zero-order valence-electron chi connectivity index (χ0n) is 14.8. The van der Waals surface area contributed by atoms with Crippen molar-refractivity contribution in [3.8, 4) is 5.75 Å². The van der Waals surface area contributed by atoms with Gasteiger partial charge < -0.3 is 10.1 Å². The molecular formula is C19H21N3O4. The molecule has 0 bridgehead atoms. The second-order valence-corrected chi connectivity index (χ2v) is 5.83. The average molecular weight is 355 g/mol. The number of methoxy groups -OCH3 is 1. The number of amides is 3. The van der Waals surface area contributed by atoms with Crippen LogP contribution in [0.25, 0.3) is 0 Å². The van der Waals surface area contributed by atoms with Crippen LogP contribution in [0.3, 0.4) is 0 Å². The minimum Gasteiger partial charge on any atom is -0.496 e. The molecule has 0 heterocycles. The Kier molecular flexibility index (Phi) is 6.32. The molecule has 0 saturated carbocycles. The van der Waals surface area contributed by atoms with E-state index in [1.54, 1.807) is 62.4 Å². The van der Waals surface area contributed by atoms with Gasteiger partial charge in [0.05, 0.1) is 12.7 Å². The van der Waals surface area contributed by atoms with Crippen LogP contribution in [0.4, 0.5) is 5.69 Å². The first-order chi connectivity index (χ1) is 12.4. The number of anilines is 1. The SMILES string of the molecule is COc1ccccc1C(=O)NNC(=O)c1ccc(NC(=O)C(C)C)cc1. The van der Waals surface area contributed by atoms with Crippen LogP contribution < -0.4 is 20.9 Å². The van der Waals surface area contributed by atoms with Crippen molar-refractivity contribution in [1.82, 2.24) is 10.9 Å². The number of carbonyl (C=O) groups excluding carboxylic acids is 3. The molecule has 0 fully saturated rings. The van der Waals surface area contributed by atoms with Crippen LogP contribution >= 0.6 is 0 Å². The van der Waals surface area contributed by atoms with E-state index in [2.05, 4.69) is 16.2 Å². The van der Waals surface area contributed by atoms with Crippen LogP contribution in [0.15, 0.2) is 48.5 Å². The van der Waals surface area contributed by atoms with Gasteiger partial charge in [0.15, 0.2) is 0 Å². The zero-order valence-corrected chi connectivity index (χ0v) is 14.8. The summed E-state index contributed by atoms with van der Waals surface area (Å²) in [5, 5.41) is 2.74. The first kappa shape index (κ1) is 19.0. The Bertz CT molecular complexity index is 801. The van der Waals surface area contributed by atoms with Gasteiger partial charge in [0.1, 0.15) is 5.75 Å². The van der Waals surface area contributed by atoms with Gasteiger partial charge in [-0.2, -0.15) is 0 Å². The molecule has 2 aromatic rings. The third-order valence-corrected chi connectivity index (χ3v) is 3.58. The van der Waals surface area contributed by atoms with Crippen molar-refractivity contribution >= 4 is 23.4 Å². The van der Waals surface area contributed by atoms with E-state index in [-0.39, 0.29) is 11.8 Å². The maximum atomic E-state index is 12.1. The largest absolute Gasteiger partial charge is 0.496 e. The Morgan fingerprint density at radius 3 is 2.12 bits per heavy atom. The summed E-state index contributed by atoms with van der Waals surface area (Å²) in [6.45, 7) is 3.59. The lowest BCUT2D eigenvalue weighted by molar-refractivity contribution is -0.118. The second-order valence-electron chi connectivity index (χ2n) is 5.83. The zero-order chi connectivity index (χ0) is 19.1. The summed E-state index contributed by atoms with van der Waals surface area (Å²) in [6.07, 6.45) is 0. The predicted molar refractivity (Wildman–Crippen MR) is 97.8 cm³/mol. The molecular weight excluding hydrogens is 334 g/mol. The number of carbonyl (C=O) groups is 3. The number of rotatable bonds is 5. The lowest BCUT2D eigenvalue weighted by Crippen LogP contribution is -2.41. The number of hydrogen-bond acceptors (Lipinski definition) is 4. The van der Waals surface area contributed by atoms with Gasteiger partial charge in [-0.05, 0) is 36.4 Å². The summed E-state index contributed by atoms with van der Waals surface area (Å²) in [7, 11) is 1.46. The normalized spacial score (nSPS) is 10.2. The molecule has 0 atom stereocenters. The minimum atomic E-state index is -0.489. The van der Waals surface area contributed by atoms with Gasteiger partial charge in [0, 0.05) is 17.2 Å². The van der Waals surface area contributed by atoms with E-state index in [4.69, 9.17) is 4.74 Å². The predicted octanol–water partition coefficient (Wildman–Crippen LogP) is 2.36. The Labute approximate surface area is 151 Å². The quantitative estimate of drug-likeness (QED) is 0.718. The number of hydrazine groups is 1. The monoisotopic (exact) mass is 355 g/mol. The highest BCUT2D eigenvalue weighted by atomic mass is 16.5. The maximum Gasteiger partial charge on any atom is 0.273 e. The third-order valence-electron chi connectivity index (χ3n) is 3.58. The van der Waals surface area contributed by atoms with Gasteiger partial charge in [0.2, 0.25) is 5.91 Å². The summed E-state index contributed by atoms with van der Waals surface area (Å²) in [5.74, 6) is -0.800. The smallest absolute Gasteiger partial charge is 0.273 e. The van der Waals surface area contributed by atoms with Crippen LogP contribution in [0.2, 0.25) is 0 Å². The van der Waals surface area contributed by atoms with E-state index >= 15 is 0 Å². The molecule has 136 valence electrons. The topological polar surface area (TPSA) is 96.5 Å². The molecule has 0 aliphatic rings. The van der Waals surface area contributed by atoms with Crippen molar-refractivity contribution in [3.05, 3.63) is 59.7 Å². The highest BCUT2D eigenvalue weighted by Gasteiger charge is 2.13. The second kappa shape index (κ2) is 8.66. The molecule has 3 N–H and O–H groups in total. The van der Waals surface area contributed by atoms with E-state index in [1.165, 1.54) is 7.11 Å². The Hall–Kier alpha value is -3.35. The summed E-state index contributed by atoms with van der Waals surface area (Å²) in [6, 6.07) is 13.0. The molecule has 0 aliphatic heterocycles. The number of benzene rings is 2. The maximum absolute atomic E-state index is 12.1. The van der Waals surface area contributed by atoms with E-state index in [9.17, 15) is 14.4 Å². The van der Waals surface area contributed by atoms with E-state index in [0.717, 1.165) is 0 Å². The van der Waals surface area contributed by atoms with Gasteiger partial charge in [-0.25, -0.2) is 0 Å². The van der Waals surface area contributed by atoms with Crippen molar-refractivity contribution in [3.63, 3.8) is 0 Å². The summed E-state index contributed by atoms with van der Waals surface area (Å²) in [5.41, 5.74) is 5.93. The summed E-state index contributed by atoms with van der Waals surface area (Å²) >= 11 is 0. The molecule has 0 aromatic heterocycles. The molecule has 3 amide bonds. The lowest BCUT2D eigenvalue weighted by atomic mass is 10.1. The fourth-order valence-corrected chi connectivity index (χ4v) is 2.08. The molecule has 7 heteroatoms. The number of ether oxygens (including phenoxy) is 1. The highest BCUT2D eigenvalue weighted by molar-refractivity contribution is 6.00. The third kappa shape index (κ3) is 4.83. The van der Waals surface area contributed by atoms with E-state index < -0.39 is 11.8 Å². The Morgan fingerprint density at radius 1 is 0.885 bits per heavy atom. The van der Waals surface area contributed by atoms with E-state index in [0.29, 0.717) is 22.6 Å². The molecule has 0 radical (unpaired) electrons. The van der Waals surface area contributed by atoms with E-state index in [1.807, 2.05) is 0 Å². The molecule has 2 aromatic carbocycles. The molecule has 2 rings (SSSR count). The minimum absolute atomic E-state index is 0.105. The molecule has 0 spiro atoms. The fourth-order valence-electron chi connectivity index (χ4n) is 2.08. The molecule has 0 aliphatic carbocycles. The number of para-hydroxylation sites is 1. The first-order valence-corrected chi connectivity index (χ1v) is 8.07. The number of hydrogen-bond donors (Lipinski definition) is 3. The van der Waals surface area contributed by atoms with Crippen molar-refractivity contribution in [2.24, 2.45) is 5.92 Å². The summed E-state index contributed by atoms with van der Waals surface area (Å²) in [4.78, 5) is 35.9. The average Bonchev–Trinajstić information content (AvgIpc) is 2.66. The molecule has 7 nitrogen and oxygen atoms in total. The van der Waals surface area contributed by atoms with Crippen molar-refractivity contribution < 1.29 is 19.1 Å². The first-order valence-electron chi connectivity index (χ1n) is 8.07. The van der Waals surface area contributed by atoms with Crippen LogP contribution in [0, 0.1) is 5.92 Å². The molecule has 0 unspecified atom stereocenters. The van der Waals surface area contributed by atoms with Crippen LogP contribution in [0.5, 0.6) is 5.75 Å². The van der Waals surface area contributed by atoms with Gasteiger partial charge >= 0.3 is 0 Å². The van der Waals surface area contributed by atoms with Crippen LogP contribution in [0.1, 0.15) is 34.6 Å². The highest BCUT2D eigenvalue weighted by Crippen LogP contribution is 2.16. The van der Waals surface area contributed by atoms with Crippen molar-refractivity contribution in [2.75, 3.05) is 12.4 Å². The fraction of sp³-hybridized carbons (Fsp3) is 0.211. The van der Waals surface area contributed by atoms with Gasteiger partial charge in [-0.1, -0.05) is 26.0 Å². The molecule has 0 saturated heterocycles. The van der Waals surface area contributed by atoms with Gasteiger partial charge in [-0.15, -0.1) is 0 Å². The molecule has 26 heavy (non-hydrogen) atoms. The van der Waals surface area contributed by atoms with Crippen LogP contribution in [-0.4, -0.2) is 24.8 Å². The Balaban J connectivity index is 1.95. The number of nitrogens with one attached hydrogen (secondary N) is 3. The summed E-state index contributed by atoms with van der Waals surface area (Å²) < 4.78 is 5.11. The van der Waals surface area contributed by atoms with Crippen molar-refractivity contribution in [2.45, 2.75) is 13.8 Å².